The van der Waals surface area contributed by atoms with E-state index in [1.165, 1.54) is 36.2 Å². The predicted octanol–water partition coefficient (Wildman–Crippen LogP) is 3.61. The zero-order valence-corrected chi connectivity index (χ0v) is 15.4. The molecule has 1 N–H and O–H groups in total. The van der Waals surface area contributed by atoms with Crippen molar-refractivity contribution in [3.8, 4) is 11.1 Å². The van der Waals surface area contributed by atoms with Crippen molar-refractivity contribution in [3.63, 3.8) is 0 Å². The summed E-state index contributed by atoms with van der Waals surface area (Å²) in [5, 5.41) is 3.62. The molecule has 1 atom stereocenters. The molecule has 0 saturated carbocycles. The number of hydrogen-bond acceptors (Lipinski definition) is 4. The van der Waals surface area contributed by atoms with Crippen LogP contribution in [0.4, 0.5) is 0 Å². The van der Waals surface area contributed by atoms with Gasteiger partial charge in [0.2, 0.25) is 0 Å². The molecule has 0 radical (unpaired) electrons. The normalized spacial score (nSPS) is 14.8. The van der Waals surface area contributed by atoms with E-state index in [0.717, 1.165) is 29.9 Å². The fourth-order valence-electron chi connectivity index (χ4n) is 3.67. The van der Waals surface area contributed by atoms with Crippen LogP contribution in [-0.2, 0) is 26.4 Å². The Hall–Kier alpha value is -2.53. The number of rotatable bonds is 5. The van der Waals surface area contributed by atoms with E-state index in [4.69, 9.17) is 4.98 Å². The molecule has 134 valence electrons. The maximum Gasteiger partial charge on any atom is 0.122 e. The molecule has 2 heterocycles. The third kappa shape index (κ3) is 3.40. The summed E-state index contributed by atoms with van der Waals surface area (Å²) < 4.78 is 2.28. The molecule has 5 heteroatoms. The van der Waals surface area contributed by atoms with E-state index in [0.29, 0.717) is 0 Å². The Morgan fingerprint density at radius 2 is 1.77 bits per heavy atom. The minimum atomic E-state index is 0.268. The van der Waals surface area contributed by atoms with Crippen LogP contribution in [-0.4, -0.2) is 19.5 Å². The molecular formula is C21H25N5. The second kappa shape index (κ2) is 7.38. The van der Waals surface area contributed by atoms with Crippen molar-refractivity contribution in [2.75, 3.05) is 0 Å². The third-order valence-corrected chi connectivity index (χ3v) is 5.34. The van der Waals surface area contributed by atoms with Gasteiger partial charge in [-0.2, -0.15) is 0 Å². The maximum absolute atomic E-state index is 4.86. The highest BCUT2D eigenvalue weighted by Gasteiger charge is 2.18. The van der Waals surface area contributed by atoms with E-state index in [9.17, 15) is 0 Å². The molecule has 5 nitrogen and oxygen atoms in total. The van der Waals surface area contributed by atoms with Gasteiger partial charge in [-0.15, -0.1) is 0 Å². The Bertz CT molecular complexity index is 867. The van der Waals surface area contributed by atoms with E-state index in [2.05, 4.69) is 58.1 Å². The van der Waals surface area contributed by atoms with Crippen LogP contribution < -0.4 is 5.32 Å². The number of imidazole rings is 1. The fraction of sp³-hybridized carbons (Fsp3) is 0.381. The molecule has 2 aromatic heterocycles. The number of nitrogens with one attached hydrogen (secondary N) is 1. The van der Waals surface area contributed by atoms with Gasteiger partial charge in [-0.25, -0.2) is 15.0 Å². The third-order valence-electron chi connectivity index (χ3n) is 5.34. The van der Waals surface area contributed by atoms with Gasteiger partial charge >= 0.3 is 0 Å². The summed E-state index contributed by atoms with van der Waals surface area (Å²) >= 11 is 0. The molecule has 0 saturated heterocycles. The first-order valence-electron chi connectivity index (χ1n) is 9.34. The van der Waals surface area contributed by atoms with Gasteiger partial charge in [0.05, 0.1) is 12.2 Å². The monoisotopic (exact) mass is 347 g/mol. The molecule has 26 heavy (non-hydrogen) atoms. The van der Waals surface area contributed by atoms with Gasteiger partial charge in [0.1, 0.15) is 12.2 Å². The first-order chi connectivity index (χ1) is 12.7. The number of fused-ring (bicyclic) bond motifs is 1. The number of aromatic nitrogens is 4. The number of hydrogen-bond donors (Lipinski definition) is 1. The minimum Gasteiger partial charge on any atom is -0.334 e. The van der Waals surface area contributed by atoms with Crippen molar-refractivity contribution in [1.29, 1.82) is 0 Å². The molecule has 3 aromatic rings. The summed E-state index contributed by atoms with van der Waals surface area (Å²) in [4.78, 5) is 13.0. The quantitative estimate of drug-likeness (QED) is 0.766. The Morgan fingerprint density at radius 3 is 2.50 bits per heavy atom. The molecule has 0 spiro atoms. The topological polar surface area (TPSA) is 55.6 Å². The molecule has 0 amide bonds. The summed E-state index contributed by atoms with van der Waals surface area (Å²) in [7, 11) is 2.15. The van der Waals surface area contributed by atoms with Crippen LogP contribution in [0.5, 0.6) is 0 Å². The van der Waals surface area contributed by atoms with Gasteiger partial charge in [-0.1, -0.05) is 24.3 Å². The van der Waals surface area contributed by atoms with Gasteiger partial charge in [0.15, 0.2) is 0 Å². The second-order valence-electron chi connectivity index (χ2n) is 7.04. The smallest absolute Gasteiger partial charge is 0.122 e. The van der Waals surface area contributed by atoms with E-state index < -0.39 is 0 Å². The van der Waals surface area contributed by atoms with Gasteiger partial charge < -0.3 is 9.88 Å². The summed E-state index contributed by atoms with van der Waals surface area (Å²) in [5.41, 5.74) is 6.17. The predicted molar refractivity (Wildman–Crippen MR) is 103 cm³/mol. The lowest BCUT2D eigenvalue weighted by Crippen LogP contribution is -2.20. The van der Waals surface area contributed by atoms with Crippen LogP contribution in [0.3, 0.4) is 0 Å². The highest BCUT2D eigenvalue weighted by Crippen LogP contribution is 2.23. The highest BCUT2D eigenvalue weighted by atomic mass is 15.1. The number of nitrogens with zero attached hydrogens (tertiary/aromatic N) is 4. The van der Waals surface area contributed by atoms with Crippen LogP contribution in [0.1, 0.15) is 48.6 Å². The van der Waals surface area contributed by atoms with E-state index in [-0.39, 0.29) is 6.04 Å². The standard InChI is InChI=1S/C21H25N5/c1-15(16-7-9-17(10-8-16)18-11-22-14-23-12-18)24-13-21-25-19-5-3-4-6-20(19)26(21)2/h7-12,14-15,24H,3-6,13H2,1-2H3. The Morgan fingerprint density at radius 1 is 1.04 bits per heavy atom. The molecule has 0 aliphatic heterocycles. The van der Waals surface area contributed by atoms with Crippen LogP contribution >= 0.6 is 0 Å². The largest absolute Gasteiger partial charge is 0.334 e. The number of benzene rings is 1. The Balaban J connectivity index is 1.42. The molecular weight excluding hydrogens is 322 g/mol. The van der Waals surface area contributed by atoms with Crippen molar-refractivity contribution < 1.29 is 0 Å². The SMILES string of the molecule is CC(NCc1nc2c(n1C)CCCC2)c1ccc(-c2cncnc2)cc1. The summed E-state index contributed by atoms with van der Waals surface area (Å²) in [5.74, 6) is 1.14. The Labute approximate surface area is 154 Å². The van der Waals surface area contributed by atoms with E-state index >= 15 is 0 Å². The number of aryl methyl sites for hydroxylation is 1. The van der Waals surface area contributed by atoms with Gasteiger partial charge in [-0.05, 0) is 43.7 Å². The Kier molecular flexibility index (Phi) is 4.80. The van der Waals surface area contributed by atoms with Crippen molar-refractivity contribution >= 4 is 0 Å². The lowest BCUT2D eigenvalue weighted by Gasteiger charge is -2.15. The van der Waals surface area contributed by atoms with Crippen molar-refractivity contribution in [2.45, 2.75) is 45.2 Å². The summed E-state index contributed by atoms with van der Waals surface area (Å²) in [6, 6.07) is 8.87. The fourth-order valence-corrected chi connectivity index (χ4v) is 3.67. The zero-order valence-electron chi connectivity index (χ0n) is 15.4. The molecule has 0 fully saturated rings. The zero-order chi connectivity index (χ0) is 17.9. The summed E-state index contributed by atoms with van der Waals surface area (Å²) in [6.45, 7) is 2.99. The maximum atomic E-state index is 4.86. The van der Waals surface area contributed by atoms with Crippen molar-refractivity contribution in [3.05, 3.63) is 65.8 Å². The summed E-state index contributed by atoms with van der Waals surface area (Å²) in [6.07, 6.45) is 10.1. The average molecular weight is 347 g/mol. The van der Waals surface area contributed by atoms with Gasteiger partial charge in [0, 0.05) is 36.7 Å². The van der Waals surface area contributed by atoms with Crippen molar-refractivity contribution in [2.24, 2.45) is 7.05 Å². The molecule has 1 aliphatic rings. The lowest BCUT2D eigenvalue weighted by atomic mass is 10.0. The highest BCUT2D eigenvalue weighted by molar-refractivity contribution is 5.61. The molecule has 1 unspecified atom stereocenters. The lowest BCUT2D eigenvalue weighted by molar-refractivity contribution is 0.546. The van der Waals surface area contributed by atoms with Gasteiger partial charge in [0.25, 0.3) is 0 Å². The van der Waals surface area contributed by atoms with E-state index in [1.807, 2.05) is 12.4 Å². The molecule has 0 bridgehead atoms. The molecule has 1 aliphatic carbocycles. The second-order valence-corrected chi connectivity index (χ2v) is 7.04. The first-order valence-corrected chi connectivity index (χ1v) is 9.34. The van der Waals surface area contributed by atoms with Crippen LogP contribution in [0, 0.1) is 0 Å². The average Bonchev–Trinajstić information content (AvgIpc) is 3.03. The van der Waals surface area contributed by atoms with Crippen LogP contribution in [0.25, 0.3) is 11.1 Å². The van der Waals surface area contributed by atoms with E-state index in [1.54, 1.807) is 6.33 Å². The first kappa shape index (κ1) is 16.9. The van der Waals surface area contributed by atoms with Crippen LogP contribution in [0.15, 0.2) is 43.0 Å². The van der Waals surface area contributed by atoms with Crippen LogP contribution in [0.2, 0.25) is 0 Å². The molecule has 4 rings (SSSR count). The minimum absolute atomic E-state index is 0.268. The van der Waals surface area contributed by atoms with Crippen molar-refractivity contribution in [1.82, 2.24) is 24.8 Å². The van der Waals surface area contributed by atoms with Gasteiger partial charge in [-0.3, -0.25) is 0 Å². The molecule has 1 aromatic carbocycles.